The zero-order valence-electron chi connectivity index (χ0n) is 13.4. The Balaban J connectivity index is 0. The van der Waals surface area contributed by atoms with Gasteiger partial charge in [-0.2, -0.15) is 0 Å². The Morgan fingerprint density at radius 3 is 2.28 bits per heavy atom. The molecule has 18 heavy (non-hydrogen) atoms. The van der Waals surface area contributed by atoms with Gasteiger partial charge in [0.1, 0.15) is 5.78 Å². The predicted octanol–water partition coefficient (Wildman–Crippen LogP) is 3.09. The van der Waals surface area contributed by atoms with E-state index in [0.29, 0.717) is 18.4 Å². The summed E-state index contributed by atoms with van der Waals surface area (Å²) < 4.78 is 0. The number of ketones is 1. The predicted molar refractivity (Wildman–Crippen MR) is 81.1 cm³/mol. The zero-order valence-corrected chi connectivity index (χ0v) is 13.4. The lowest BCUT2D eigenvalue weighted by molar-refractivity contribution is -0.116. The molecule has 1 fully saturated rings. The minimum absolute atomic E-state index is 0.358. The second-order valence-electron chi connectivity index (χ2n) is 4.29. The monoisotopic (exact) mass is 258 g/mol. The van der Waals surface area contributed by atoms with E-state index in [2.05, 4.69) is 24.2 Å². The van der Waals surface area contributed by atoms with Crippen molar-refractivity contribution < 1.29 is 4.79 Å². The number of nitrogens with one attached hydrogen (secondary N) is 1. The molecule has 1 aliphatic rings. The lowest BCUT2D eigenvalue weighted by Crippen LogP contribution is -2.35. The van der Waals surface area contributed by atoms with Crippen molar-refractivity contribution in [2.45, 2.75) is 66.3 Å². The fourth-order valence-corrected chi connectivity index (χ4v) is 1.91. The molecule has 0 radical (unpaired) electrons. The van der Waals surface area contributed by atoms with Crippen molar-refractivity contribution >= 4 is 5.78 Å². The standard InChI is InChI=1S/C11H22N2O.2C2H6/c1-3-4-5-6-13(2)9-10-7-11(14)8-12-10;2*1-2/h10,12H,3-9H2,1-2H3;2*1-2H3. The second-order valence-corrected chi connectivity index (χ2v) is 4.29. The van der Waals surface area contributed by atoms with Crippen molar-refractivity contribution in [3.8, 4) is 0 Å². The number of Topliss-reactive ketones (excluding diaryl/α,β-unsaturated/α-hetero) is 1. The van der Waals surface area contributed by atoms with Crippen LogP contribution >= 0.6 is 0 Å². The molecule has 1 unspecified atom stereocenters. The van der Waals surface area contributed by atoms with E-state index in [1.165, 1.54) is 19.3 Å². The molecule has 0 aliphatic carbocycles. The van der Waals surface area contributed by atoms with Crippen LogP contribution in [-0.4, -0.2) is 43.4 Å². The molecular weight excluding hydrogens is 224 g/mol. The Hall–Kier alpha value is -0.410. The van der Waals surface area contributed by atoms with E-state index in [1.807, 2.05) is 27.7 Å². The number of rotatable bonds is 6. The maximum Gasteiger partial charge on any atom is 0.148 e. The van der Waals surface area contributed by atoms with Crippen LogP contribution in [0.1, 0.15) is 60.3 Å². The van der Waals surface area contributed by atoms with Crippen LogP contribution in [0, 0.1) is 0 Å². The highest BCUT2D eigenvalue weighted by Gasteiger charge is 2.21. The third kappa shape index (κ3) is 10.7. The van der Waals surface area contributed by atoms with E-state index < -0.39 is 0 Å². The minimum Gasteiger partial charge on any atom is -0.305 e. The first kappa shape index (κ1) is 19.9. The summed E-state index contributed by atoms with van der Waals surface area (Å²) in [5.41, 5.74) is 0. The van der Waals surface area contributed by atoms with E-state index in [0.717, 1.165) is 19.5 Å². The van der Waals surface area contributed by atoms with Gasteiger partial charge in [0.05, 0.1) is 6.54 Å². The van der Waals surface area contributed by atoms with Gasteiger partial charge in [-0.15, -0.1) is 0 Å². The lowest BCUT2D eigenvalue weighted by Gasteiger charge is -2.20. The first-order valence-corrected chi connectivity index (χ1v) is 7.66. The summed E-state index contributed by atoms with van der Waals surface area (Å²) in [6.45, 7) is 13.0. The SMILES string of the molecule is CC.CC.CCCCCN(C)CC1CC(=O)CN1. The Morgan fingerprint density at radius 2 is 1.83 bits per heavy atom. The van der Waals surface area contributed by atoms with Crippen LogP contribution in [0.5, 0.6) is 0 Å². The van der Waals surface area contributed by atoms with Gasteiger partial charge in [0.15, 0.2) is 0 Å². The maximum absolute atomic E-state index is 11.0. The fourth-order valence-electron chi connectivity index (χ4n) is 1.91. The molecule has 0 bridgehead atoms. The van der Waals surface area contributed by atoms with Gasteiger partial charge in [0.25, 0.3) is 0 Å². The molecule has 0 spiro atoms. The van der Waals surface area contributed by atoms with Gasteiger partial charge in [0, 0.05) is 19.0 Å². The molecular formula is C15H34N2O. The average Bonchev–Trinajstić information content (AvgIpc) is 2.80. The van der Waals surface area contributed by atoms with E-state index >= 15 is 0 Å². The fraction of sp³-hybridized carbons (Fsp3) is 0.933. The van der Waals surface area contributed by atoms with Crippen LogP contribution in [-0.2, 0) is 4.79 Å². The maximum atomic E-state index is 11.0. The molecule has 1 atom stereocenters. The number of carbonyl (C=O) groups is 1. The van der Waals surface area contributed by atoms with Crippen LogP contribution in [0.4, 0.5) is 0 Å². The molecule has 1 heterocycles. The lowest BCUT2D eigenvalue weighted by atomic mass is 10.2. The van der Waals surface area contributed by atoms with Gasteiger partial charge in [-0.25, -0.2) is 0 Å². The van der Waals surface area contributed by atoms with Crippen molar-refractivity contribution in [2.24, 2.45) is 0 Å². The van der Waals surface area contributed by atoms with Crippen molar-refractivity contribution in [3.05, 3.63) is 0 Å². The molecule has 1 N–H and O–H groups in total. The molecule has 1 saturated heterocycles. The molecule has 0 amide bonds. The van der Waals surface area contributed by atoms with E-state index in [4.69, 9.17) is 0 Å². The third-order valence-electron chi connectivity index (χ3n) is 2.74. The molecule has 1 aliphatic heterocycles. The Kier molecular flexibility index (Phi) is 16.2. The molecule has 1 rings (SSSR count). The average molecular weight is 258 g/mol. The van der Waals surface area contributed by atoms with Crippen molar-refractivity contribution in [2.75, 3.05) is 26.7 Å². The van der Waals surface area contributed by atoms with Crippen LogP contribution in [0.15, 0.2) is 0 Å². The normalized spacial score (nSPS) is 17.9. The Morgan fingerprint density at radius 1 is 1.22 bits per heavy atom. The highest BCUT2D eigenvalue weighted by Crippen LogP contribution is 2.04. The quantitative estimate of drug-likeness (QED) is 0.743. The van der Waals surface area contributed by atoms with Gasteiger partial charge >= 0.3 is 0 Å². The molecule has 3 heteroatoms. The summed E-state index contributed by atoms with van der Waals surface area (Å²) in [6.07, 6.45) is 4.57. The first-order chi connectivity index (χ1) is 8.72. The van der Waals surface area contributed by atoms with Crippen LogP contribution < -0.4 is 5.32 Å². The number of hydrogen-bond acceptors (Lipinski definition) is 3. The Labute approximate surface area is 114 Å². The van der Waals surface area contributed by atoms with Gasteiger partial charge < -0.3 is 10.2 Å². The van der Waals surface area contributed by atoms with Gasteiger partial charge in [-0.3, -0.25) is 4.79 Å². The van der Waals surface area contributed by atoms with Gasteiger partial charge in [0.2, 0.25) is 0 Å². The van der Waals surface area contributed by atoms with E-state index in [-0.39, 0.29) is 0 Å². The summed E-state index contributed by atoms with van der Waals surface area (Å²) in [7, 11) is 2.14. The molecule has 0 saturated carbocycles. The number of nitrogens with zero attached hydrogens (tertiary/aromatic N) is 1. The molecule has 3 nitrogen and oxygen atoms in total. The number of carbonyl (C=O) groups excluding carboxylic acids is 1. The number of likely N-dealkylation sites (N-methyl/N-ethyl adjacent to an activating group) is 1. The smallest absolute Gasteiger partial charge is 0.148 e. The molecule has 0 aromatic heterocycles. The van der Waals surface area contributed by atoms with Crippen molar-refractivity contribution in [3.63, 3.8) is 0 Å². The highest BCUT2D eigenvalue weighted by atomic mass is 16.1. The summed E-state index contributed by atoms with van der Waals surface area (Å²) in [4.78, 5) is 13.3. The number of hydrogen-bond donors (Lipinski definition) is 1. The zero-order chi connectivity index (χ0) is 14.4. The summed E-state index contributed by atoms with van der Waals surface area (Å²) in [5, 5.41) is 3.24. The summed E-state index contributed by atoms with van der Waals surface area (Å²) in [6, 6.07) is 0.397. The molecule has 110 valence electrons. The summed E-state index contributed by atoms with van der Waals surface area (Å²) in [5.74, 6) is 0.358. The van der Waals surface area contributed by atoms with E-state index in [1.54, 1.807) is 0 Å². The minimum atomic E-state index is 0.358. The Bertz CT molecular complexity index is 183. The highest BCUT2D eigenvalue weighted by molar-refractivity contribution is 5.83. The number of unbranched alkanes of at least 4 members (excludes halogenated alkanes) is 2. The van der Waals surface area contributed by atoms with Crippen LogP contribution in [0.2, 0.25) is 0 Å². The first-order valence-electron chi connectivity index (χ1n) is 7.66. The second kappa shape index (κ2) is 14.7. The van der Waals surface area contributed by atoms with Crippen molar-refractivity contribution in [1.29, 1.82) is 0 Å². The van der Waals surface area contributed by atoms with E-state index in [9.17, 15) is 4.79 Å². The largest absolute Gasteiger partial charge is 0.305 e. The van der Waals surface area contributed by atoms with Gasteiger partial charge in [-0.05, 0) is 20.0 Å². The summed E-state index contributed by atoms with van der Waals surface area (Å²) >= 11 is 0. The molecule has 0 aromatic rings. The van der Waals surface area contributed by atoms with Crippen LogP contribution in [0.25, 0.3) is 0 Å². The molecule has 0 aromatic carbocycles. The van der Waals surface area contributed by atoms with Crippen molar-refractivity contribution in [1.82, 2.24) is 10.2 Å². The third-order valence-corrected chi connectivity index (χ3v) is 2.74. The van der Waals surface area contributed by atoms with Gasteiger partial charge in [-0.1, -0.05) is 47.5 Å². The van der Waals surface area contributed by atoms with Crippen LogP contribution in [0.3, 0.4) is 0 Å². The topological polar surface area (TPSA) is 32.3 Å².